The lowest BCUT2D eigenvalue weighted by Gasteiger charge is -2.06. The summed E-state index contributed by atoms with van der Waals surface area (Å²) < 4.78 is 0. The summed E-state index contributed by atoms with van der Waals surface area (Å²) in [4.78, 5) is 10.8. The number of rotatable bonds is 2. The van der Waals surface area contributed by atoms with Gasteiger partial charge in [-0.2, -0.15) is 5.10 Å². The summed E-state index contributed by atoms with van der Waals surface area (Å²) in [5.41, 5.74) is 1.15. The van der Waals surface area contributed by atoms with Crippen molar-refractivity contribution < 1.29 is 4.79 Å². The Labute approximate surface area is 70.4 Å². The average Bonchev–Trinajstić information content (AvgIpc) is 2.63. The molecule has 1 aromatic rings. The van der Waals surface area contributed by atoms with E-state index in [1.54, 1.807) is 6.20 Å². The number of H-pyrrole nitrogens is 1. The van der Waals surface area contributed by atoms with Crippen LogP contribution in [0, 0.1) is 0 Å². The van der Waals surface area contributed by atoms with Crippen LogP contribution in [0.2, 0.25) is 0 Å². The van der Waals surface area contributed by atoms with Crippen LogP contribution in [0.5, 0.6) is 0 Å². The Morgan fingerprint density at radius 3 is 3.17 bits per heavy atom. The third kappa shape index (κ3) is 1.47. The first-order valence-corrected chi connectivity index (χ1v) is 4.11. The topological polar surface area (TPSA) is 57.8 Å². The fraction of sp³-hybridized carbons (Fsp3) is 0.500. The van der Waals surface area contributed by atoms with E-state index in [-0.39, 0.29) is 5.91 Å². The Hall–Kier alpha value is -1.32. The van der Waals surface area contributed by atoms with Crippen molar-refractivity contribution in [3.05, 3.63) is 18.0 Å². The van der Waals surface area contributed by atoms with Gasteiger partial charge in [0.25, 0.3) is 0 Å². The van der Waals surface area contributed by atoms with Gasteiger partial charge in [0.15, 0.2) is 0 Å². The molecule has 0 unspecified atom stereocenters. The first-order chi connectivity index (χ1) is 5.84. The second kappa shape index (κ2) is 2.97. The van der Waals surface area contributed by atoms with Gasteiger partial charge in [-0.3, -0.25) is 9.89 Å². The van der Waals surface area contributed by atoms with Gasteiger partial charge < -0.3 is 5.32 Å². The molecule has 0 aromatic carbocycles. The molecule has 0 aliphatic carbocycles. The minimum atomic E-state index is 0.170. The third-order valence-electron chi connectivity index (χ3n) is 2.12. The van der Waals surface area contributed by atoms with Gasteiger partial charge in [-0.1, -0.05) is 0 Å². The molecule has 2 rings (SSSR count). The van der Waals surface area contributed by atoms with E-state index in [0.29, 0.717) is 12.5 Å². The van der Waals surface area contributed by atoms with Crippen molar-refractivity contribution >= 4 is 5.91 Å². The number of nitrogens with one attached hydrogen (secondary N) is 2. The molecule has 0 bridgehead atoms. The molecule has 4 nitrogen and oxygen atoms in total. The van der Waals surface area contributed by atoms with Crippen molar-refractivity contribution in [2.45, 2.75) is 25.3 Å². The highest BCUT2D eigenvalue weighted by Gasteiger charge is 2.20. The van der Waals surface area contributed by atoms with E-state index in [9.17, 15) is 4.79 Å². The molecule has 1 amide bonds. The molecule has 2 N–H and O–H groups in total. The number of carbonyl (C=O) groups excluding carboxylic acids is 1. The van der Waals surface area contributed by atoms with Gasteiger partial charge in [0.1, 0.15) is 0 Å². The summed E-state index contributed by atoms with van der Waals surface area (Å²) in [7, 11) is 0. The van der Waals surface area contributed by atoms with Crippen molar-refractivity contribution in [3.8, 4) is 0 Å². The molecule has 0 spiro atoms. The molecule has 1 saturated heterocycles. The highest BCUT2D eigenvalue weighted by Crippen LogP contribution is 2.11. The van der Waals surface area contributed by atoms with E-state index in [1.165, 1.54) is 0 Å². The SMILES string of the molecule is O=C1CC[C@H](Cc2cn[nH]c2)N1. The maximum absolute atomic E-state index is 10.8. The predicted molar refractivity (Wildman–Crippen MR) is 43.5 cm³/mol. The highest BCUT2D eigenvalue weighted by atomic mass is 16.1. The largest absolute Gasteiger partial charge is 0.353 e. The first-order valence-electron chi connectivity index (χ1n) is 4.11. The van der Waals surface area contributed by atoms with Gasteiger partial charge >= 0.3 is 0 Å². The normalized spacial score (nSPS) is 22.7. The first kappa shape index (κ1) is 7.34. The summed E-state index contributed by atoms with van der Waals surface area (Å²) in [6.45, 7) is 0. The second-order valence-corrected chi connectivity index (χ2v) is 3.11. The minimum absolute atomic E-state index is 0.170. The van der Waals surface area contributed by atoms with E-state index < -0.39 is 0 Å². The molecule has 1 aromatic heterocycles. The zero-order valence-corrected chi connectivity index (χ0v) is 6.71. The number of amides is 1. The van der Waals surface area contributed by atoms with Crippen LogP contribution in [-0.2, 0) is 11.2 Å². The van der Waals surface area contributed by atoms with E-state index >= 15 is 0 Å². The smallest absolute Gasteiger partial charge is 0.220 e. The molecule has 12 heavy (non-hydrogen) atoms. The maximum Gasteiger partial charge on any atom is 0.220 e. The van der Waals surface area contributed by atoms with E-state index in [4.69, 9.17) is 0 Å². The van der Waals surface area contributed by atoms with Crippen LogP contribution in [0.1, 0.15) is 18.4 Å². The van der Waals surface area contributed by atoms with Gasteiger partial charge in [0, 0.05) is 18.7 Å². The Kier molecular flexibility index (Phi) is 1.81. The molecular formula is C8H11N3O. The molecule has 4 heteroatoms. The molecule has 2 heterocycles. The molecular weight excluding hydrogens is 154 g/mol. The van der Waals surface area contributed by atoms with Crippen molar-refractivity contribution in [1.29, 1.82) is 0 Å². The molecule has 1 atom stereocenters. The van der Waals surface area contributed by atoms with Crippen LogP contribution in [0.15, 0.2) is 12.4 Å². The van der Waals surface area contributed by atoms with Crippen LogP contribution in [0.25, 0.3) is 0 Å². The minimum Gasteiger partial charge on any atom is -0.353 e. The third-order valence-corrected chi connectivity index (χ3v) is 2.12. The Morgan fingerprint density at radius 1 is 1.67 bits per heavy atom. The lowest BCUT2D eigenvalue weighted by Crippen LogP contribution is -2.26. The highest BCUT2D eigenvalue weighted by molar-refractivity contribution is 5.78. The fourth-order valence-electron chi connectivity index (χ4n) is 1.50. The van der Waals surface area contributed by atoms with Crippen molar-refractivity contribution in [1.82, 2.24) is 15.5 Å². The number of aromatic nitrogens is 2. The predicted octanol–water partition coefficient (Wildman–Crippen LogP) is 0.231. The zero-order valence-electron chi connectivity index (χ0n) is 6.71. The lowest BCUT2D eigenvalue weighted by molar-refractivity contribution is -0.119. The van der Waals surface area contributed by atoms with Crippen LogP contribution in [-0.4, -0.2) is 22.1 Å². The summed E-state index contributed by atoms with van der Waals surface area (Å²) in [6, 6.07) is 0.315. The fourth-order valence-corrected chi connectivity index (χ4v) is 1.50. The average molecular weight is 165 g/mol. The number of hydrogen-bond acceptors (Lipinski definition) is 2. The monoisotopic (exact) mass is 165 g/mol. The summed E-state index contributed by atoms with van der Waals surface area (Å²) in [5, 5.41) is 9.51. The van der Waals surface area contributed by atoms with Crippen LogP contribution < -0.4 is 5.32 Å². The van der Waals surface area contributed by atoms with Crippen molar-refractivity contribution in [3.63, 3.8) is 0 Å². The van der Waals surface area contributed by atoms with E-state index in [0.717, 1.165) is 18.4 Å². The van der Waals surface area contributed by atoms with Crippen LogP contribution in [0.3, 0.4) is 0 Å². The second-order valence-electron chi connectivity index (χ2n) is 3.11. The molecule has 1 fully saturated rings. The summed E-state index contributed by atoms with van der Waals surface area (Å²) in [6.07, 6.45) is 6.17. The standard InChI is InChI=1S/C8H11N3O/c12-8-2-1-7(11-8)3-6-4-9-10-5-6/h4-5,7H,1-3H2,(H,9,10)(H,11,12)/t7-/m1/s1. The Bertz CT molecular complexity index is 268. The summed E-state index contributed by atoms with van der Waals surface area (Å²) >= 11 is 0. The van der Waals surface area contributed by atoms with Crippen molar-refractivity contribution in [2.75, 3.05) is 0 Å². The van der Waals surface area contributed by atoms with Gasteiger partial charge in [-0.25, -0.2) is 0 Å². The molecule has 1 aliphatic heterocycles. The van der Waals surface area contributed by atoms with Crippen LogP contribution in [0.4, 0.5) is 0 Å². The van der Waals surface area contributed by atoms with Crippen LogP contribution >= 0.6 is 0 Å². The number of nitrogens with zero attached hydrogens (tertiary/aromatic N) is 1. The molecule has 0 saturated carbocycles. The maximum atomic E-state index is 10.8. The molecule has 1 aliphatic rings. The Balaban J connectivity index is 1.92. The van der Waals surface area contributed by atoms with Crippen molar-refractivity contribution in [2.24, 2.45) is 0 Å². The summed E-state index contributed by atoms with van der Waals surface area (Å²) in [5.74, 6) is 0.170. The molecule has 0 radical (unpaired) electrons. The number of carbonyl (C=O) groups is 1. The molecule has 64 valence electrons. The number of aromatic amines is 1. The van der Waals surface area contributed by atoms with Gasteiger partial charge in [-0.05, 0) is 18.4 Å². The lowest BCUT2D eigenvalue weighted by atomic mass is 10.1. The number of hydrogen-bond donors (Lipinski definition) is 2. The quantitative estimate of drug-likeness (QED) is 0.659. The van der Waals surface area contributed by atoms with Gasteiger partial charge in [0.2, 0.25) is 5.91 Å². The van der Waals surface area contributed by atoms with Gasteiger partial charge in [0.05, 0.1) is 6.20 Å². The van der Waals surface area contributed by atoms with Gasteiger partial charge in [-0.15, -0.1) is 0 Å². The van der Waals surface area contributed by atoms with E-state index in [1.807, 2.05) is 6.20 Å². The Morgan fingerprint density at radius 2 is 2.58 bits per heavy atom. The zero-order chi connectivity index (χ0) is 8.39. The van der Waals surface area contributed by atoms with E-state index in [2.05, 4.69) is 15.5 Å².